The zero-order chi connectivity index (χ0) is 17.9. The van der Waals surface area contributed by atoms with Crippen LogP contribution in [0.4, 0.5) is 11.4 Å². The predicted octanol–water partition coefficient (Wildman–Crippen LogP) is 5.23. The van der Waals surface area contributed by atoms with Crippen molar-refractivity contribution in [3.63, 3.8) is 0 Å². The first-order chi connectivity index (χ1) is 11.2. The third kappa shape index (κ3) is 4.73. The highest BCUT2D eigenvalue weighted by molar-refractivity contribution is 6.42. The molecule has 0 bridgehead atoms. The average molecular weight is 365 g/mol. The Morgan fingerprint density at radius 1 is 0.875 bits per heavy atom. The van der Waals surface area contributed by atoms with Crippen molar-refractivity contribution in [1.29, 1.82) is 0 Å². The van der Waals surface area contributed by atoms with Crippen LogP contribution in [-0.2, 0) is 4.79 Å². The summed E-state index contributed by atoms with van der Waals surface area (Å²) in [6.07, 6.45) is 0. The first-order valence-corrected chi connectivity index (χ1v) is 8.10. The second kappa shape index (κ2) is 7.24. The molecule has 0 spiro atoms. The van der Waals surface area contributed by atoms with E-state index in [1.807, 2.05) is 20.8 Å². The summed E-state index contributed by atoms with van der Waals surface area (Å²) in [6, 6.07) is 11.6. The lowest BCUT2D eigenvalue weighted by Crippen LogP contribution is -2.27. The molecule has 0 heterocycles. The van der Waals surface area contributed by atoms with Crippen molar-refractivity contribution in [2.45, 2.75) is 20.8 Å². The maximum atomic E-state index is 12.3. The first-order valence-electron chi connectivity index (χ1n) is 7.35. The molecule has 0 aliphatic rings. The zero-order valence-corrected chi connectivity index (χ0v) is 15.1. The Hall–Kier alpha value is -2.04. The summed E-state index contributed by atoms with van der Waals surface area (Å²) in [4.78, 5) is 24.3. The van der Waals surface area contributed by atoms with Gasteiger partial charge in [-0.25, -0.2) is 0 Å². The molecule has 126 valence electrons. The fourth-order valence-electron chi connectivity index (χ4n) is 1.83. The largest absolute Gasteiger partial charge is 0.326 e. The molecule has 0 fully saturated rings. The summed E-state index contributed by atoms with van der Waals surface area (Å²) in [5.74, 6) is -0.414. The van der Waals surface area contributed by atoms with Gasteiger partial charge in [-0.2, -0.15) is 0 Å². The molecule has 2 amide bonds. The van der Waals surface area contributed by atoms with Crippen molar-refractivity contribution in [3.8, 4) is 0 Å². The minimum absolute atomic E-state index is 0.101. The van der Waals surface area contributed by atoms with Crippen LogP contribution in [0.1, 0.15) is 31.1 Å². The van der Waals surface area contributed by atoms with Crippen molar-refractivity contribution in [1.82, 2.24) is 0 Å². The molecule has 4 nitrogen and oxygen atoms in total. The Balaban J connectivity index is 2.13. The highest BCUT2D eigenvalue weighted by atomic mass is 35.5. The zero-order valence-electron chi connectivity index (χ0n) is 13.6. The highest BCUT2D eigenvalue weighted by Crippen LogP contribution is 2.24. The van der Waals surface area contributed by atoms with Crippen LogP contribution in [-0.4, -0.2) is 11.8 Å². The van der Waals surface area contributed by atoms with Crippen molar-refractivity contribution >= 4 is 46.4 Å². The Kier molecular flexibility index (Phi) is 5.52. The van der Waals surface area contributed by atoms with Gasteiger partial charge < -0.3 is 10.6 Å². The summed E-state index contributed by atoms with van der Waals surface area (Å²) in [5.41, 5.74) is 1.08. The summed E-state index contributed by atoms with van der Waals surface area (Å²) in [7, 11) is 0. The number of nitrogens with one attached hydrogen (secondary N) is 2. The highest BCUT2D eigenvalue weighted by Gasteiger charge is 2.21. The van der Waals surface area contributed by atoms with E-state index in [-0.39, 0.29) is 11.8 Å². The van der Waals surface area contributed by atoms with Gasteiger partial charge in [0.25, 0.3) is 5.91 Å². The molecule has 24 heavy (non-hydrogen) atoms. The number of hydrogen-bond acceptors (Lipinski definition) is 2. The molecule has 0 saturated heterocycles. The Morgan fingerprint density at radius 3 is 2.08 bits per heavy atom. The van der Waals surface area contributed by atoms with E-state index in [2.05, 4.69) is 10.6 Å². The molecule has 2 aromatic carbocycles. The molecule has 0 radical (unpaired) electrons. The lowest BCUT2D eigenvalue weighted by atomic mass is 9.95. The molecule has 0 unspecified atom stereocenters. The molecule has 0 aliphatic heterocycles. The van der Waals surface area contributed by atoms with E-state index in [1.165, 1.54) is 6.07 Å². The molecule has 0 saturated carbocycles. The van der Waals surface area contributed by atoms with Crippen LogP contribution >= 0.6 is 23.2 Å². The molecule has 0 aromatic heterocycles. The van der Waals surface area contributed by atoms with Gasteiger partial charge in [0.1, 0.15) is 0 Å². The Labute approximate surface area is 151 Å². The quantitative estimate of drug-likeness (QED) is 0.782. The number of rotatable bonds is 3. The van der Waals surface area contributed by atoms with E-state index < -0.39 is 5.41 Å². The van der Waals surface area contributed by atoms with Gasteiger partial charge in [-0.3, -0.25) is 9.59 Å². The van der Waals surface area contributed by atoms with Gasteiger partial charge >= 0.3 is 0 Å². The number of hydrogen-bond donors (Lipinski definition) is 2. The minimum atomic E-state index is -0.501. The Bertz CT molecular complexity index is 783. The maximum Gasteiger partial charge on any atom is 0.255 e. The van der Waals surface area contributed by atoms with Crippen LogP contribution in [0.2, 0.25) is 10.0 Å². The fraction of sp³-hybridized carbons (Fsp3) is 0.222. The van der Waals surface area contributed by atoms with E-state index in [1.54, 1.807) is 36.4 Å². The van der Waals surface area contributed by atoms with Gasteiger partial charge in [-0.15, -0.1) is 0 Å². The van der Waals surface area contributed by atoms with Gasteiger partial charge in [0.05, 0.1) is 10.0 Å². The van der Waals surface area contributed by atoms with Crippen LogP contribution in [0.15, 0.2) is 42.5 Å². The molecule has 2 aromatic rings. The summed E-state index contributed by atoms with van der Waals surface area (Å²) >= 11 is 11.8. The van der Waals surface area contributed by atoms with Gasteiger partial charge in [0.15, 0.2) is 0 Å². The molecule has 6 heteroatoms. The molecule has 2 rings (SSSR count). The number of carbonyl (C=O) groups is 2. The summed E-state index contributed by atoms with van der Waals surface area (Å²) in [5, 5.41) is 6.29. The third-order valence-corrected chi connectivity index (χ3v) is 3.98. The monoisotopic (exact) mass is 364 g/mol. The van der Waals surface area contributed by atoms with Crippen molar-refractivity contribution in [2.24, 2.45) is 5.41 Å². The lowest BCUT2D eigenvalue weighted by molar-refractivity contribution is -0.123. The number of anilines is 2. The van der Waals surface area contributed by atoms with Crippen LogP contribution in [0, 0.1) is 5.41 Å². The van der Waals surface area contributed by atoms with E-state index in [0.717, 1.165) is 0 Å². The predicted molar refractivity (Wildman–Crippen MR) is 98.9 cm³/mol. The number of amides is 2. The SMILES string of the molecule is CC(C)(C)C(=O)Nc1cccc(NC(=O)c2ccc(Cl)c(Cl)c2)c1. The fourth-order valence-corrected chi connectivity index (χ4v) is 2.13. The van der Waals surface area contributed by atoms with Gasteiger partial charge in [-0.05, 0) is 36.4 Å². The minimum Gasteiger partial charge on any atom is -0.326 e. The van der Waals surface area contributed by atoms with Crippen LogP contribution in [0.5, 0.6) is 0 Å². The lowest BCUT2D eigenvalue weighted by Gasteiger charge is -2.18. The molecular formula is C18H18Cl2N2O2. The van der Waals surface area contributed by atoms with Crippen LogP contribution in [0.25, 0.3) is 0 Å². The normalized spacial score (nSPS) is 11.0. The smallest absolute Gasteiger partial charge is 0.255 e. The number of halogens is 2. The number of carbonyl (C=O) groups excluding carboxylic acids is 2. The summed E-state index contributed by atoms with van der Waals surface area (Å²) < 4.78 is 0. The molecule has 2 N–H and O–H groups in total. The molecular weight excluding hydrogens is 347 g/mol. The van der Waals surface area contributed by atoms with Crippen molar-refractivity contribution < 1.29 is 9.59 Å². The first kappa shape index (κ1) is 18.3. The second-order valence-electron chi connectivity index (χ2n) is 6.37. The second-order valence-corrected chi connectivity index (χ2v) is 7.18. The van der Waals surface area contributed by atoms with Crippen LogP contribution < -0.4 is 10.6 Å². The standard InChI is InChI=1S/C18H18Cl2N2O2/c1-18(2,3)17(24)22-13-6-4-5-12(10-13)21-16(23)11-7-8-14(19)15(20)9-11/h4-10H,1-3H3,(H,21,23)(H,22,24). The van der Waals surface area contributed by atoms with Gasteiger partial charge in [-0.1, -0.05) is 50.0 Å². The topological polar surface area (TPSA) is 58.2 Å². The van der Waals surface area contributed by atoms with Gasteiger partial charge in [0.2, 0.25) is 5.91 Å². The number of benzene rings is 2. The Morgan fingerprint density at radius 2 is 1.50 bits per heavy atom. The molecule has 0 atom stereocenters. The van der Waals surface area contributed by atoms with E-state index >= 15 is 0 Å². The van der Waals surface area contributed by atoms with E-state index in [0.29, 0.717) is 27.0 Å². The molecule has 0 aliphatic carbocycles. The third-order valence-electron chi connectivity index (χ3n) is 3.24. The van der Waals surface area contributed by atoms with E-state index in [9.17, 15) is 9.59 Å². The van der Waals surface area contributed by atoms with Crippen LogP contribution in [0.3, 0.4) is 0 Å². The van der Waals surface area contributed by atoms with E-state index in [4.69, 9.17) is 23.2 Å². The van der Waals surface area contributed by atoms with Crippen molar-refractivity contribution in [3.05, 3.63) is 58.1 Å². The van der Waals surface area contributed by atoms with Gasteiger partial charge in [0, 0.05) is 22.4 Å². The summed E-state index contributed by atoms with van der Waals surface area (Å²) in [6.45, 7) is 5.49. The average Bonchev–Trinajstić information content (AvgIpc) is 2.49. The van der Waals surface area contributed by atoms with Crippen molar-refractivity contribution in [2.75, 3.05) is 10.6 Å². The maximum absolute atomic E-state index is 12.3.